The first-order valence-electron chi connectivity index (χ1n) is 6.90. The highest BCUT2D eigenvalue weighted by Crippen LogP contribution is 2.18. The molecule has 1 N–H and O–H groups in total. The van der Waals surface area contributed by atoms with Gasteiger partial charge in [-0.05, 0) is 19.9 Å². The lowest BCUT2D eigenvalue weighted by Gasteiger charge is -2.14. The van der Waals surface area contributed by atoms with Crippen LogP contribution in [0.4, 0.5) is 11.6 Å². The molecule has 0 radical (unpaired) electrons. The van der Waals surface area contributed by atoms with Gasteiger partial charge in [-0.1, -0.05) is 6.07 Å². The predicted octanol–water partition coefficient (Wildman–Crippen LogP) is 2.34. The van der Waals surface area contributed by atoms with Crippen molar-refractivity contribution in [2.24, 2.45) is 0 Å². The van der Waals surface area contributed by atoms with E-state index in [-0.39, 0.29) is 6.10 Å². The van der Waals surface area contributed by atoms with Crippen molar-refractivity contribution in [3.8, 4) is 5.88 Å². The fraction of sp³-hybridized carbons (Fsp3) is 0.400. The summed E-state index contributed by atoms with van der Waals surface area (Å²) < 4.78 is 5.70. The Bertz CT molecular complexity index is 586. The molecule has 2 aromatic rings. The summed E-state index contributed by atoms with van der Waals surface area (Å²) in [4.78, 5) is 14.6. The third-order valence-corrected chi connectivity index (χ3v) is 2.77. The van der Waals surface area contributed by atoms with Crippen molar-refractivity contribution in [1.29, 1.82) is 0 Å². The van der Waals surface area contributed by atoms with Gasteiger partial charge in [0.05, 0.1) is 6.10 Å². The molecule has 0 atom stereocenters. The highest BCUT2D eigenvalue weighted by Gasteiger charge is 2.07. The largest absolute Gasteiger partial charge is 0.475 e. The second kappa shape index (κ2) is 6.88. The molecule has 2 aromatic heterocycles. The van der Waals surface area contributed by atoms with E-state index in [1.807, 2.05) is 51.0 Å². The fourth-order valence-corrected chi connectivity index (χ4v) is 1.76. The highest BCUT2D eigenvalue weighted by molar-refractivity contribution is 5.48. The van der Waals surface area contributed by atoms with Crippen LogP contribution < -0.4 is 15.0 Å². The number of aromatic nitrogens is 3. The van der Waals surface area contributed by atoms with Gasteiger partial charge in [-0.15, -0.1) is 0 Å². The molecule has 0 bridgehead atoms. The highest BCUT2D eigenvalue weighted by atomic mass is 16.5. The third kappa shape index (κ3) is 4.30. The summed E-state index contributed by atoms with van der Waals surface area (Å²) in [6.07, 6.45) is 3.38. The van der Waals surface area contributed by atoms with Gasteiger partial charge in [-0.2, -0.15) is 0 Å². The number of ether oxygens (including phenoxy) is 1. The van der Waals surface area contributed by atoms with Gasteiger partial charge < -0.3 is 15.0 Å². The maximum absolute atomic E-state index is 5.70. The lowest BCUT2D eigenvalue weighted by atomic mass is 10.2. The van der Waals surface area contributed by atoms with Crippen LogP contribution in [0.15, 0.2) is 30.7 Å². The average Bonchev–Trinajstić information content (AvgIpc) is 2.46. The smallest absolute Gasteiger partial charge is 0.218 e. The quantitative estimate of drug-likeness (QED) is 0.880. The van der Waals surface area contributed by atoms with Crippen LogP contribution in [0.2, 0.25) is 0 Å². The van der Waals surface area contributed by atoms with Gasteiger partial charge in [0.25, 0.3) is 0 Å². The van der Waals surface area contributed by atoms with Crippen LogP contribution >= 0.6 is 0 Å². The van der Waals surface area contributed by atoms with Crippen molar-refractivity contribution in [2.45, 2.75) is 26.5 Å². The Balaban J connectivity index is 2.08. The first-order valence-corrected chi connectivity index (χ1v) is 6.90. The van der Waals surface area contributed by atoms with E-state index in [1.54, 1.807) is 12.5 Å². The van der Waals surface area contributed by atoms with Gasteiger partial charge in [-0.3, -0.25) is 0 Å². The first-order chi connectivity index (χ1) is 10.1. The zero-order valence-electron chi connectivity index (χ0n) is 12.9. The zero-order chi connectivity index (χ0) is 15.2. The molecular weight excluding hydrogens is 266 g/mol. The molecule has 0 fully saturated rings. The minimum absolute atomic E-state index is 0.0954. The molecule has 112 valence electrons. The summed E-state index contributed by atoms with van der Waals surface area (Å²) >= 11 is 0. The topological polar surface area (TPSA) is 63.2 Å². The summed E-state index contributed by atoms with van der Waals surface area (Å²) in [5.41, 5.74) is 0.996. The van der Waals surface area contributed by atoms with Gasteiger partial charge in [0.15, 0.2) is 0 Å². The standard InChI is InChI=1S/C15H21N5O/c1-11(2)21-15-12(6-5-7-16-15)9-17-13-8-14(20(3)4)19-10-18-13/h5-8,10-11H,9H2,1-4H3,(H,17,18,19). The van der Waals surface area contributed by atoms with E-state index in [0.29, 0.717) is 12.4 Å². The number of rotatable bonds is 6. The predicted molar refractivity (Wildman–Crippen MR) is 83.7 cm³/mol. The molecule has 0 aliphatic rings. The molecule has 6 nitrogen and oxygen atoms in total. The summed E-state index contributed by atoms with van der Waals surface area (Å²) in [5.74, 6) is 2.28. The molecule has 0 aliphatic heterocycles. The van der Waals surface area contributed by atoms with Crippen LogP contribution in [0, 0.1) is 0 Å². The normalized spacial score (nSPS) is 10.5. The Kier molecular flexibility index (Phi) is 4.92. The van der Waals surface area contributed by atoms with Crippen molar-refractivity contribution in [3.05, 3.63) is 36.3 Å². The van der Waals surface area contributed by atoms with Gasteiger partial charge in [0.2, 0.25) is 5.88 Å². The number of hydrogen-bond acceptors (Lipinski definition) is 6. The van der Waals surface area contributed by atoms with Crippen LogP contribution in [0.5, 0.6) is 5.88 Å². The lowest BCUT2D eigenvalue weighted by Crippen LogP contribution is -2.13. The van der Waals surface area contributed by atoms with E-state index in [0.717, 1.165) is 17.2 Å². The van der Waals surface area contributed by atoms with Crippen LogP contribution in [0.1, 0.15) is 19.4 Å². The lowest BCUT2D eigenvalue weighted by molar-refractivity contribution is 0.230. The van der Waals surface area contributed by atoms with E-state index in [2.05, 4.69) is 20.3 Å². The van der Waals surface area contributed by atoms with Crippen molar-refractivity contribution in [2.75, 3.05) is 24.3 Å². The van der Waals surface area contributed by atoms with Gasteiger partial charge in [0.1, 0.15) is 18.0 Å². The summed E-state index contributed by atoms with van der Waals surface area (Å²) in [6.45, 7) is 4.57. The van der Waals surface area contributed by atoms with Crippen molar-refractivity contribution in [1.82, 2.24) is 15.0 Å². The zero-order valence-corrected chi connectivity index (χ0v) is 12.9. The number of nitrogens with zero attached hydrogens (tertiary/aromatic N) is 4. The van der Waals surface area contributed by atoms with Crippen LogP contribution in [-0.4, -0.2) is 35.2 Å². The SMILES string of the molecule is CC(C)Oc1ncccc1CNc1cc(N(C)C)ncn1. The second-order valence-electron chi connectivity index (χ2n) is 5.14. The Labute approximate surface area is 125 Å². The molecule has 0 spiro atoms. The van der Waals surface area contributed by atoms with Crippen LogP contribution in [0.25, 0.3) is 0 Å². The van der Waals surface area contributed by atoms with E-state index in [9.17, 15) is 0 Å². The Morgan fingerprint density at radius 3 is 2.76 bits per heavy atom. The molecular formula is C15H21N5O. The van der Waals surface area contributed by atoms with Crippen molar-refractivity contribution in [3.63, 3.8) is 0 Å². The fourth-order valence-electron chi connectivity index (χ4n) is 1.76. The second-order valence-corrected chi connectivity index (χ2v) is 5.14. The van der Waals surface area contributed by atoms with Crippen LogP contribution in [0.3, 0.4) is 0 Å². The molecule has 0 unspecified atom stereocenters. The minimum Gasteiger partial charge on any atom is -0.475 e. The van der Waals surface area contributed by atoms with E-state index >= 15 is 0 Å². The Morgan fingerprint density at radius 2 is 2.05 bits per heavy atom. The minimum atomic E-state index is 0.0954. The van der Waals surface area contributed by atoms with E-state index in [4.69, 9.17) is 4.74 Å². The van der Waals surface area contributed by atoms with Gasteiger partial charge >= 0.3 is 0 Å². The molecule has 0 amide bonds. The number of anilines is 2. The van der Waals surface area contributed by atoms with E-state index < -0.39 is 0 Å². The Morgan fingerprint density at radius 1 is 1.24 bits per heavy atom. The molecule has 6 heteroatoms. The van der Waals surface area contributed by atoms with Crippen LogP contribution in [-0.2, 0) is 6.54 Å². The first kappa shape index (κ1) is 15.0. The number of hydrogen-bond donors (Lipinski definition) is 1. The summed E-state index contributed by atoms with van der Waals surface area (Å²) in [5, 5.41) is 3.27. The van der Waals surface area contributed by atoms with Gasteiger partial charge in [-0.25, -0.2) is 15.0 Å². The van der Waals surface area contributed by atoms with Gasteiger partial charge in [0, 0.05) is 38.5 Å². The summed E-state index contributed by atoms with van der Waals surface area (Å²) in [7, 11) is 3.89. The molecule has 2 rings (SSSR count). The van der Waals surface area contributed by atoms with E-state index in [1.165, 1.54) is 0 Å². The van der Waals surface area contributed by atoms with Crippen molar-refractivity contribution < 1.29 is 4.74 Å². The third-order valence-electron chi connectivity index (χ3n) is 2.77. The molecule has 0 aliphatic carbocycles. The molecule has 21 heavy (non-hydrogen) atoms. The maximum Gasteiger partial charge on any atom is 0.218 e. The summed E-state index contributed by atoms with van der Waals surface area (Å²) in [6, 6.07) is 5.79. The number of nitrogens with one attached hydrogen (secondary N) is 1. The molecule has 0 aromatic carbocycles. The molecule has 0 saturated heterocycles. The Hall–Kier alpha value is -2.37. The average molecular weight is 287 g/mol. The molecule has 2 heterocycles. The molecule has 0 saturated carbocycles. The maximum atomic E-state index is 5.70. The van der Waals surface area contributed by atoms with Crippen molar-refractivity contribution >= 4 is 11.6 Å². The monoisotopic (exact) mass is 287 g/mol. The number of pyridine rings is 1.